The van der Waals surface area contributed by atoms with Crippen LogP contribution in [0.15, 0.2) is 0 Å². The van der Waals surface area contributed by atoms with Crippen molar-refractivity contribution in [1.29, 1.82) is 0 Å². The van der Waals surface area contributed by atoms with Gasteiger partial charge in [-0.15, -0.1) is 0 Å². The molecule has 0 radical (unpaired) electrons. The van der Waals surface area contributed by atoms with Crippen molar-refractivity contribution in [1.82, 2.24) is 4.90 Å². The average molecular weight is 257 g/mol. The molecule has 104 valence electrons. The monoisotopic (exact) mass is 257 g/mol. The van der Waals surface area contributed by atoms with Gasteiger partial charge in [-0.2, -0.15) is 0 Å². The minimum atomic E-state index is -0.867. The van der Waals surface area contributed by atoms with Crippen molar-refractivity contribution in [3.05, 3.63) is 0 Å². The number of hydrogen-bond donors (Lipinski definition) is 1. The minimum Gasteiger partial charge on any atom is -0.481 e. The van der Waals surface area contributed by atoms with Crippen LogP contribution in [0.2, 0.25) is 0 Å². The van der Waals surface area contributed by atoms with Crippen molar-refractivity contribution in [3.63, 3.8) is 0 Å². The molecule has 0 atom stereocenters. The molecule has 1 rings (SSSR count). The van der Waals surface area contributed by atoms with Gasteiger partial charge in [0.2, 0.25) is 5.91 Å². The van der Waals surface area contributed by atoms with E-state index in [1.165, 1.54) is 0 Å². The number of rotatable bonds is 4. The Morgan fingerprint density at radius 1 is 1.33 bits per heavy atom. The third kappa shape index (κ3) is 3.98. The molecule has 1 aliphatic rings. The second kappa shape index (κ2) is 5.26. The molecule has 1 amide bonds. The maximum Gasteiger partial charge on any atom is 0.303 e. The van der Waals surface area contributed by atoms with E-state index < -0.39 is 11.4 Å². The number of amides is 1. The van der Waals surface area contributed by atoms with Crippen LogP contribution in [0.25, 0.3) is 0 Å². The molecule has 0 saturated carbocycles. The van der Waals surface area contributed by atoms with Gasteiger partial charge in [0.05, 0.1) is 25.2 Å². The summed E-state index contributed by atoms with van der Waals surface area (Å²) in [6.07, 6.45) is 0.256. The number of carboxylic acid groups (broad SMARTS) is 1. The quantitative estimate of drug-likeness (QED) is 0.829. The van der Waals surface area contributed by atoms with E-state index in [2.05, 4.69) is 0 Å². The SMILES string of the molecule is CC(C)(CC(=O)O)CC(=O)N1CCOCC1(C)C. The summed E-state index contributed by atoms with van der Waals surface area (Å²) in [5.74, 6) is -0.858. The highest BCUT2D eigenvalue weighted by Gasteiger charge is 2.36. The maximum absolute atomic E-state index is 12.3. The second-order valence-corrected chi connectivity index (χ2v) is 6.32. The maximum atomic E-state index is 12.3. The first-order valence-electron chi connectivity index (χ1n) is 6.24. The van der Waals surface area contributed by atoms with Gasteiger partial charge in [-0.3, -0.25) is 9.59 Å². The number of hydrogen-bond acceptors (Lipinski definition) is 3. The van der Waals surface area contributed by atoms with Crippen molar-refractivity contribution >= 4 is 11.9 Å². The van der Waals surface area contributed by atoms with Crippen LogP contribution >= 0.6 is 0 Å². The minimum absolute atomic E-state index is 0.00348. The van der Waals surface area contributed by atoms with Gasteiger partial charge >= 0.3 is 5.97 Å². The predicted molar refractivity (Wildman–Crippen MR) is 67.3 cm³/mol. The number of ether oxygens (including phenoxy) is 1. The van der Waals surface area contributed by atoms with Crippen molar-refractivity contribution in [2.45, 2.75) is 46.1 Å². The highest BCUT2D eigenvalue weighted by Crippen LogP contribution is 2.29. The summed E-state index contributed by atoms with van der Waals surface area (Å²) in [6.45, 7) is 9.21. The standard InChI is InChI=1S/C13H23NO4/c1-12(2,8-11(16)17)7-10(15)14-5-6-18-9-13(14,3)4/h5-9H2,1-4H3,(H,16,17). The zero-order valence-electron chi connectivity index (χ0n) is 11.7. The van der Waals surface area contributed by atoms with E-state index in [9.17, 15) is 9.59 Å². The van der Waals surface area contributed by atoms with Crippen LogP contribution < -0.4 is 0 Å². The van der Waals surface area contributed by atoms with Crippen LogP contribution in [-0.2, 0) is 14.3 Å². The Morgan fingerprint density at radius 2 is 1.94 bits per heavy atom. The normalized spacial score (nSPS) is 19.7. The van der Waals surface area contributed by atoms with E-state index in [-0.39, 0.29) is 24.3 Å². The van der Waals surface area contributed by atoms with Crippen molar-refractivity contribution in [2.24, 2.45) is 5.41 Å². The summed E-state index contributed by atoms with van der Waals surface area (Å²) in [4.78, 5) is 24.8. The van der Waals surface area contributed by atoms with Gasteiger partial charge in [0, 0.05) is 13.0 Å². The Balaban J connectivity index is 2.67. The van der Waals surface area contributed by atoms with Gasteiger partial charge in [-0.05, 0) is 19.3 Å². The van der Waals surface area contributed by atoms with Crippen LogP contribution in [0.5, 0.6) is 0 Å². The Bertz CT molecular complexity index is 336. The lowest BCUT2D eigenvalue weighted by molar-refractivity contribution is -0.149. The van der Waals surface area contributed by atoms with E-state index in [1.54, 1.807) is 4.90 Å². The Kier molecular flexibility index (Phi) is 4.37. The number of carbonyl (C=O) groups excluding carboxylic acids is 1. The molecule has 0 unspecified atom stereocenters. The Hall–Kier alpha value is -1.10. The average Bonchev–Trinajstić information content (AvgIpc) is 2.12. The third-order valence-corrected chi connectivity index (χ3v) is 3.21. The summed E-state index contributed by atoms with van der Waals surface area (Å²) in [5, 5.41) is 8.83. The Morgan fingerprint density at radius 3 is 2.44 bits per heavy atom. The van der Waals surface area contributed by atoms with Gasteiger partial charge < -0.3 is 14.7 Å². The number of aliphatic carboxylic acids is 1. The molecule has 1 N–H and O–H groups in total. The van der Waals surface area contributed by atoms with Crippen LogP contribution in [0.1, 0.15) is 40.5 Å². The summed E-state index contributed by atoms with van der Waals surface area (Å²) >= 11 is 0. The molecule has 5 heteroatoms. The molecule has 0 aliphatic carbocycles. The van der Waals surface area contributed by atoms with Crippen molar-refractivity contribution < 1.29 is 19.4 Å². The molecule has 1 fully saturated rings. The molecule has 0 aromatic carbocycles. The third-order valence-electron chi connectivity index (χ3n) is 3.21. The Labute approximate surface area is 108 Å². The largest absolute Gasteiger partial charge is 0.481 e. The first-order valence-corrected chi connectivity index (χ1v) is 6.24. The zero-order chi connectivity index (χ0) is 14.0. The highest BCUT2D eigenvalue weighted by molar-refractivity contribution is 5.79. The van der Waals surface area contributed by atoms with Gasteiger partial charge in [-0.25, -0.2) is 0 Å². The molecule has 1 saturated heterocycles. The van der Waals surface area contributed by atoms with Gasteiger partial charge in [0.1, 0.15) is 0 Å². The number of carboxylic acids is 1. The molecule has 0 bridgehead atoms. The number of nitrogens with zero attached hydrogens (tertiary/aromatic N) is 1. The van der Waals surface area contributed by atoms with Crippen molar-refractivity contribution in [2.75, 3.05) is 19.8 Å². The zero-order valence-corrected chi connectivity index (χ0v) is 11.7. The lowest BCUT2D eigenvalue weighted by Crippen LogP contribution is -2.56. The molecule has 0 aromatic heterocycles. The van der Waals surface area contributed by atoms with E-state index in [1.807, 2.05) is 27.7 Å². The molecular formula is C13H23NO4. The van der Waals surface area contributed by atoms with E-state index >= 15 is 0 Å². The fourth-order valence-electron chi connectivity index (χ4n) is 2.30. The van der Waals surface area contributed by atoms with Crippen LogP contribution in [0, 0.1) is 5.41 Å². The van der Waals surface area contributed by atoms with Crippen molar-refractivity contribution in [3.8, 4) is 0 Å². The van der Waals surface area contributed by atoms with Gasteiger partial charge in [0.15, 0.2) is 0 Å². The van der Waals surface area contributed by atoms with Gasteiger partial charge in [0.25, 0.3) is 0 Å². The van der Waals surface area contributed by atoms with E-state index in [4.69, 9.17) is 9.84 Å². The number of carbonyl (C=O) groups is 2. The molecule has 0 spiro atoms. The lowest BCUT2D eigenvalue weighted by atomic mass is 9.84. The molecule has 1 heterocycles. The van der Waals surface area contributed by atoms with Crippen LogP contribution in [0.4, 0.5) is 0 Å². The summed E-state index contributed by atoms with van der Waals surface area (Å²) in [6, 6.07) is 0. The first kappa shape index (κ1) is 15.0. The molecule has 1 aliphatic heterocycles. The van der Waals surface area contributed by atoms with Crippen LogP contribution in [0.3, 0.4) is 0 Å². The number of morpholine rings is 1. The van der Waals surface area contributed by atoms with Crippen LogP contribution in [-0.4, -0.2) is 47.2 Å². The fraction of sp³-hybridized carbons (Fsp3) is 0.846. The molecular weight excluding hydrogens is 234 g/mol. The second-order valence-electron chi connectivity index (χ2n) is 6.32. The lowest BCUT2D eigenvalue weighted by Gasteiger charge is -2.43. The predicted octanol–water partition coefficient (Wildman–Crippen LogP) is 1.51. The summed E-state index contributed by atoms with van der Waals surface area (Å²) in [7, 11) is 0. The first-order chi connectivity index (χ1) is 8.14. The highest BCUT2D eigenvalue weighted by atomic mass is 16.5. The van der Waals surface area contributed by atoms with E-state index in [0.29, 0.717) is 19.8 Å². The smallest absolute Gasteiger partial charge is 0.303 e. The van der Waals surface area contributed by atoms with E-state index in [0.717, 1.165) is 0 Å². The molecule has 0 aromatic rings. The summed E-state index contributed by atoms with van der Waals surface area (Å²) < 4.78 is 5.37. The molecule has 5 nitrogen and oxygen atoms in total. The topological polar surface area (TPSA) is 66.8 Å². The fourth-order valence-corrected chi connectivity index (χ4v) is 2.30. The molecule has 18 heavy (non-hydrogen) atoms. The summed E-state index contributed by atoms with van der Waals surface area (Å²) in [5.41, 5.74) is -0.827. The van der Waals surface area contributed by atoms with Gasteiger partial charge in [-0.1, -0.05) is 13.8 Å².